The van der Waals surface area contributed by atoms with Gasteiger partial charge in [0.1, 0.15) is 5.82 Å². The molecule has 5 heteroatoms. The van der Waals surface area contributed by atoms with Gasteiger partial charge in [-0.05, 0) is 25.5 Å². The van der Waals surface area contributed by atoms with Crippen molar-refractivity contribution in [3.05, 3.63) is 34.6 Å². The fourth-order valence-electron chi connectivity index (χ4n) is 1.92. The number of carbonyl (C=O) groups excluding carboxylic acids is 1. The Bertz CT molecular complexity index is 437. The molecule has 0 spiro atoms. The lowest BCUT2D eigenvalue weighted by atomic mass is 9.92. The predicted octanol–water partition coefficient (Wildman–Crippen LogP) is 3.49. The lowest BCUT2D eigenvalue weighted by Gasteiger charge is -2.22. The maximum atomic E-state index is 13.0. The molecule has 0 aliphatic heterocycles. The third-order valence-corrected chi connectivity index (χ3v) is 3.18. The monoisotopic (exact) mass is 288 g/mol. The molecule has 0 amide bonds. The summed E-state index contributed by atoms with van der Waals surface area (Å²) in [6.07, 6.45) is 0.111. The second-order valence-corrected chi connectivity index (χ2v) is 4.67. The number of ether oxygens (including phenoxy) is 1. The van der Waals surface area contributed by atoms with Gasteiger partial charge in [-0.3, -0.25) is 4.79 Å². The summed E-state index contributed by atoms with van der Waals surface area (Å²) < 4.78 is 17.9. The third-order valence-electron chi connectivity index (χ3n) is 2.85. The van der Waals surface area contributed by atoms with Crippen LogP contribution in [0.5, 0.6) is 0 Å². The van der Waals surface area contributed by atoms with Crippen LogP contribution in [-0.2, 0) is 9.53 Å². The van der Waals surface area contributed by atoms with Crippen LogP contribution >= 0.6 is 11.6 Å². The van der Waals surface area contributed by atoms with Crippen LogP contribution in [0.3, 0.4) is 0 Å². The van der Waals surface area contributed by atoms with Gasteiger partial charge >= 0.3 is 5.97 Å². The van der Waals surface area contributed by atoms with Gasteiger partial charge in [0.05, 0.1) is 18.6 Å². The van der Waals surface area contributed by atoms with Crippen LogP contribution in [0.15, 0.2) is 18.2 Å². The zero-order valence-corrected chi connectivity index (χ0v) is 11.8. The number of aliphatic hydroxyl groups is 1. The van der Waals surface area contributed by atoms with Crippen LogP contribution in [0.2, 0.25) is 5.02 Å². The normalized spacial score (nSPS) is 13.9. The smallest absolute Gasteiger partial charge is 0.311 e. The number of rotatable bonds is 6. The zero-order valence-electron chi connectivity index (χ0n) is 11.0. The first-order valence-corrected chi connectivity index (χ1v) is 6.68. The Balaban J connectivity index is 2.98. The molecule has 0 aliphatic carbocycles. The van der Waals surface area contributed by atoms with Crippen LogP contribution in [0.4, 0.5) is 4.39 Å². The number of carbonyl (C=O) groups is 1. The first kappa shape index (κ1) is 15.9. The van der Waals surface area contributed by atoms with Gasteiger partial charge in [-0.15, -0.1) is 0 Å². The molecule has 0 heterocycles. The zero-order chi connectivity index (χ0) is 14.4. The van der Waals surface area contributed by atoms with Crippen molar-refractivity contribution in [2.75, 3.05) is 6.61 Å². The summed E-state index contributed by atoms with van der Waals surface area (Å²) in [5.41, 5.74) is 0.342. The van der Waals surface area contributed by atoms with Crippen molar-refractivity contribution < 1.29 is 19.0 Å². The fourth-order valence-corrected chi connectivity index (χ4v) is 2.20. The number of benzene rings is 1. The molecule has 1 N–H and O–H groups in total. The van der Waals surface area contributed by atoms with Gasteiger partial charge in [0.2, 0.25) is 0 Å². The standard InChI is InChI=1S/C14H18ClFO3/c1-3-5-11(14(18)19-4-2)13(17)10-7-6-9(16)8-12(10)15/h6-8,11,13,17H,3-5H2,1-2H3. The maximum absolute atomic E-state index is 13.0. The highest BCUT2D eigenvalue weighted by atomic mass is 35.5. The molecule has 0 aromatic heterocycles. The average Bonchev–Trinajstić information content (AvgIpc) is 2.35. The van der Waals surface area contributed by atoms with Crippen LogP contribution in [0.25, 0.3) is 0 Å². The van der Waals surface area contributed by atoms with Crippen LogP contribution in [0, 0.1) is 11.7 Å². The SMILES string of the molecule is CCCC(C(=O)OCC)C(O)c1ccc(F)cc1Cl. The van der Waals surface area contributed by atoms with Crippen molar-refractivity contribution in [3.63, 3.8) is 0 Å². The molecule has 0 radical (unpaired) electrons. The van der Waals surface area contributed by atoms with E-state index in [1.54, 1.807) is 6.92 Å². The van der Waals surface area contributed by atoms with Gasteiger partial charge in [-0.2, -0.15) is 0 Å². The highest BCUT2D eigenvalue weighted by molar-refractivity contribution is 6.31. The largest absolute Gasteiger partial charge is 0.466 e. The highest BCUT2D eigenvalue weighted by Gasteiger charge is 2.29. The minimum absolute atomic E-state index is 0.109. The Hall–Kier alpha value is -1.13. The summed E-state index contributed by atoms with van der Waals surface area (Å²) in [6, 6.07) is 3.72. The molecule has 0 saturated heterocycles. The molecule has 0 saturated carbocycles. The summed E-state index contributed by atoms with van der Waals surface area (Å²) in [4.78, 5) is 11.8. The first-order chi connectivity index (χ1) is 9.01. The molecular formula is C14H18ClFO3. The van der Waals surface area contributed by atoms with Gasteiger partial charge in [0, 0.05) is 10.6 Å². The summed E-state index contributed by atoms with van der Waals surface area (Å²) in [5.74, 6) is -1.63. The lowest BCUT2D eigenvalue weighted by molar-refractivity contribution is -0.152. The molecule has 19 heavy (non-hydrogen) atoms. The molecule has 1 aromatic carbocycles. The summed E-state index contributed by atoms with van der Waals surface area (Å²) in [6.45, 7) is 3.87. The molecular weight excluding hydrogens is 271 g/mol. The van der Waals surface area contributed by atoms with E-state index in [4.69, 9.17) is 16.3 Å². The van der Waals surface area contributed by atoms with E-state index in [-0.39, 0.29) is 11.6 Å². The number of halogens is 2. The van der Waals surface area contributed by atoms with Gasteiger partial charge in [-0.1, -0.05) is 31.0 Å². The summed E-state index contributed by atoms with van der Waals surface area (Å²) in [5, 5.41) is 10.4. The molecule has 1 aromatic rings. The van der Waals surface area contributed by atoms with Crippen molar-refractivity contribution in [2.24, 2.45) is 5.92 Å². The van der Waals surface area contributed by atoms with E-state index >= 15 is 0 Å². The molecule has 2 unspecified atom stereocenters. The second kappa shape index (κ2) is 7.46. The highest BCUT2D eigenvalue weighted by Crippen LogP contribution is 2.32. The van der Waals surface area contributed by atoms with Crippen molar-refractivity contribution in [2.45, 2.75) is 32.8 Å². The van der Waals surface area contributed by atoms with Crippen molar-refractivity contribution in [1.29, 1.82) is 0 Å². The van der Waals surface area contributed by atoms with Crippen molar-refractivity contribution >= 4 is 17.6 Å². The first-order valence-electron chi connectivity index (χ1n) is 6.30. The number of esters is 1. The van der Waals surface area contributed by atoms with Gasteiger partial charge < -0.3 is 9.84 Å². The van der Waals surface area contributed by atoms with E-state index in [1.165, 1.54) is 12.1 Å². The van der Waals surface area contributed by atoms with E-state index in [0.29, 0.717) is 12.0 Å². The number of aliphatic hydroxyl groups excluding tert-OH is 1. The molecule has 0 bridgehead atoms. The van der Waals surface area contributed by atoms with Gasteiger partial charge in [-0.25, -0.2) is 4.39 Å². The molecule has 106 valence electrons. The minimum Gasteiger partial charge on any atom is -0.466 e. The van der Waals surface area contributed by atoms with Crippen LogP contribution < -0.4 is 0 Å². The molecule has 3 nitrogen and oxygen atoms in total. The lowest BCUT2D eigenvalue weighted by Crippen LogP contribution is -2.24. The van der Waals surface area contributed by atoms with Crippen molar-refractivity contribution in [1.82, 2.24) is 0 Å². The predicted molar refractivity (Wildman–Crippen MR) is 71.4 cm³/mol. The van der Waals surface area contributed by atoms with Crippen molar-refractivity contribution in [3.8, 4) is 0 Å². The van der Waals surface area contributed by atoms with Gasteiger partial charge in [0.25, 0.3) is 0 Å². The molecule has 1 rings (SSSR count). The van der Waals surface area contributed by atoms with E-state index in [0.717, 1.165) is 12.5 Å². The second-order valence-electron chi connectivity index (χ2n) is 4.26. The maximum Gasteiger partial charge on any atom is 0.311 e. The molecule has 2 atom stereocenters. The topological polar surface area (TPSA) is 46.5 Å². The minimum atomic E-state index is -1.09. The van der Waals surface area contributed by atoms with Crippen LogP contribution in [-0.4, -0.2) is 17.7 Å². The molecule has 0 fully saturated rings. The summed E-state index contributed by atoms with van der Waals surface area (Å²) in [7, 11) is 0. The average molecular weight is 289 g/mol. The fraction of sp³-hybridized carbons (Fsp3) is 0.500. The number of hydrogen-bond acceptors (Lipinski definition) is 3. The Morgan fingerprint density at radius 2 is 2.16 bits per heavy atom. The number of hydrogen-bond donors (Lipinski definition) is 1. The third kappa shape index (κ3) is 4.18. The Kier molecular flexibility index (Phi) is 6.25. The van der Waals surface area contributed by atoms with E-state index in [1.807, 2.05) is 6.92 Å². The van der Waals surface area contributed by atoms with E-state index < -0.39 is 23.8 Å². The molecule has 0 aliphatic rings. The van der Waals surface area contributed by atoms with Crippen LogP contribution in [0.1, 0.15) is 38.4 Å². The van der Waals surface area contributed by atoms with E-state index in [9.17, 15) is 14.3 Å². The van der Waals surface area contributed by atoms with Gasteiger partial charge in [0.15, 0.2) is 0 Å². The Morgan fingerprint density at radius 1 is 1.47 bits per heavy atom. The van der Waals surface area contributed by atoms with E-state index in [2.05, 4.69) is 0 Å². The Morgan fingerprint density at radius 3 is 2.68 bits per heavy atom. The Labute approximate surface area is 117 Å². The summed E-state index contributed by atoms with van der Waals surface area (Å²) >= 11 is 5.90. The quantitative estimate of drug-likeness (QED) is 0.815.